The summed E-state index contributed by atoms with van der Waals surface area (Å²) in [4.78, 5) is 43.0. The molecule has 5 rings (SSSR count). The predicted octanol–water partition coefficient (Wildman–Crippen LogP) is 4.72. The quantitative estimate of drug-likeness (QED) is 0.340. The van der Waals surface area contributed by atoms with Crippen LogP contribution in [0.5, 0.6) is 0 Å². The molecule has 8 nitrogen and oxygen atoms in total. The van der Waals surface area contributed by atoms with Crippen LogP contribution in [0, 0.1) is 6.92 Å². The van der Waals surface area contributed by atoms with Crippen molar-refractivity contribution in [1.29, 1.82) is 0 Å². The minimum absolute atomic E-state index is 0.175. The van der Waals surface area contributed by atoms with Crippen molar-refractivity contribution >= 4 is 41.0 Å². The first-order chi connectivity index (χ1) is 18.7. The Hall–Kier alpha value is -4.21. The lowest BCUT2D eigenvalue weighted by atomic mass is 9.96. The molecule has 10 heteroatoms. The van der Waals surface area contributed by atoms with E-state index < -0.39 is 18.0 Å². The van der Waals surface area contributed by atoms with Crippen LogP contribution in [0.3, 0.4) is 0 Å². The number of benzene rings is 2. The van der Waals surface area contributed by atoms with E-state index >= 15 is 0 Å². The monoisotopic (exact) mass is 562 g/mol. The number of carbonyl (C=O) groups is 2. The SMILES string of the molecule is CCOC(=O)C1=C(C)N=c2s/c(=C/c3ccc(-c4ccc(C(=O)O)cc4C)o3)c(=O)n2[C@H]1c1ccccc1Cl. The van der Waals surface area contributed by atoms with E-state index in [0.717, 1.165) is 11.1 Å². The van der Waals surface area contributed by atoms with E-state index in [1.54, 1.807) is 75.4 Å². The number of carboxylic acids is 1. The van der Waals surface area contributed by atoms with Gasteiger partial charge in [-0.1, -0.05) is 47.2 Å². The van der Waals surface area contributed by atoms with Gasteiger partial charge in [-0.15, -0.1) is 0 Å². The second-order valence-corrected chi connectivity index (χ2v) is 10.3. The Balaban J connectivity index is 1.62. The Kier molecular flexibility index (Phi) is 7.12. The fourth-order valence-electron chi connectivity index (χ4n) is 4.56. The number of carbonyl (C=O) groups excluding carboxylic acids is 1. The van der Waals surface area contributed by atoms with E-state index in [1.807, 2.05) is 0 Å². The first-order valence-electron chi connectivity index (χ1n) is 12.1. The molecule has 1 atom stereocenters. The van der Waals surface area contributed by atoms with Crippen LogP contribution in [0.15, 0.2) is 80.1 Å². The smallest absolute Gasteiger partial charge is 0.338 e. The van der Waals surface area contributed by atoms with Crippen LogP contribution in [0.25, 0.3) is 17.4 Å². The number of aryl methyl sites for hydroxylation is 1. The predicted molar refractivity (Wildman–Crippen MR) is 148 cm³/mol. The number of aromatic carboxylic acids is 1. The summed E-state index contributed by atoms with van der Waals surface area (Å²) in [5, 5.41) is 9.64. The summed E-state index contributed by atoms with van der Waals surface area (Å²) < 4.78 is 13.1. The maximum Gasteiger partial charge on any atom is 0.338 e. The summed E-state index contributed by atoms with van der Waals surface area (Å²) >= 11 is 7.71. The van der Waals surface area contributed by atoms with Crippen molar-refractivity contribution < 1.29 is 23.8 Å². The zero-order valence-corrected chi connectivity index (χ0v) is 22.8. The molecular formula is C29H23ClN2O6S. The van der Waals surface area contributed by atoms with E-state index in [0.29, 0.717) is 37.1 Å². The zero-order chi connectivity index (χ0) is 27.8. The van der Waals surface area contributed by atoms with E-state index in [2.05, 4.69) is 4.99 Å². The molecule has 0 unspecified atom stereocenters. The summed E-state index contributed by atoms with van der Waals surface area (Å²) in [6.45, 7) is 5.41. The van der Waals surface area contributed by atoms with E-state index in [-0.39, 0.29) is 23.3 Å². The van der Waals surface area contributed by atoms with Crippen LogP contribution in [0.1, 0.15) is 47.1 Å². The molecule has 0 bridgehead atoms. The van der Waals surface area contributed by atoms with Crippen molar-refractivity contribution in [2.45, 2.75) is 26.8 Å². The first-order valence-corrected chi connectivity index (χ1v) is 13.3. The third-order valence-electron chi connectivity index (χ3n) is 6.36. The molecule has 0 radical (unpaired) electrons. The van der Waals surface area contributed by atoms with Crippen molar-refractivity contribution in [2.24, 2.45) is 4.99 Å². The molecule has 39 heavy (non-hydrogen) atoms. The van der Waals surface area contributed by atoms with Gasteiger partial charge in [0.15, 0.2) is 4.80 Å². The second kappa shape index (κ2) is 10.5. The number of fused-ring (bicyclic) bond motifs is 1. The van der Waals surface area contributed by atoms with Gasteiger partial charge in [0, 0.05) is 16.7 Å². The maximum atomic E-state index is 13.7. The van der Waals surface area contributed by atoms with E-state index in [4.69, 9.17) is 20.8 Å². The number of esters is 1. The van der Waals surface area contributed by atoms with E-state index in [9.17, 15) is 19.5 Å². The Labute approximate surface area is 231 Å². The van der Waals surface area contributed by atoms with Crippen LogP contribution in [0.4, 0.5) is 0 Å². The Morgan fingerprint density at radius 1 is 1.18 bits per heavy atom. The van der Waals surface area contributed by atoms with Gasteiger partial charge < -0.3 is 14.3 Å². The molecule has 0 aliphatic carbocycles. The van der Waals surface area contributed by atoms with Crippen LogP contribution in [-0.2, 0) is 9.53 Å². The third-order valence-corrected chi connectivity index (χ3v) is 7.68. The number of halogens is 1. The lowest BCUT2D eigenvalue weighted by Crippen LogP contribution is -2.40. The van der Waals surface area contributed by atoms with Crippen LogP contribution in [0.2, 0.25) is 5.02 Å². The van der Waals surface area contributed by atoms with Gasteiger partial charge in [-0.3, -0.25) is 9.36 Å². The number of allylic oxidation sites excluding steroid dienone is 1. The lowest BCUT2D eigenvalue weighted by Gasteiger charge is -2.25. The normalized spacial score (nSPS) is 15.2. The number of thiazole rings is 1. The highest BCUT2D eigenvalue weighted by atomic mass is 35.5. The summed E-state index contributed by atoms with van der Waals surface area (Å²) in [5.41, 5.74) is 2.62. The van der Waals surface area contributed by atoms with Gasteiger partial charge in [-0.2, -0.15) is 0 Å². The van der Waals surface area contributed by atoms with Crippen LogP contribution >= 0.6 is 22.9 Å². The summed E-state index contributed by atoms with van der Waals surface area (Å²) in [6, 6.07) is 14.5. The zero-order valence-electron chi connectivity index (χ0n) is 21.2. The molecule has 0 saturated carbocycles. The van der Waals surface area contributed by atoms with Crippen molar-refractivity contribution in [3.05, 3.63) is 113 Å². The van der Waals surface area contributed by atoms with Gasteiger partial charge in [-0.05, 0) is 62.2 Å². The largest absolute Gasteiger partial charge is 0.478 e. The summed E-state index contributed by atoms with van der Waals surface area (Å²) in [5.74, 6) is -0.583. The number of hydrogen-bond acceptors (Lipinski definition) is 7. The maximum absolute atomic E-state index is 13.7. The third kappa shape index (κ3) is 4.86. The van der Waals surface area contributed by atoms with Crippen molar-refractivity contribution in [3.63, 3.8) is 0 Å². The van der Waals surface area contributed by atoms with Gasteiger partial charge in [-0.25, -0.2) is 14.6 Å². The summed E-state index contributed by atoms with van der Waals surface area (Å²) in [6.07, 6.45) is 1.63. The van der Waals surface area contributed by atoms with Crippen molar-refractivity contribution in [3.8, 4) is 11.3 Å². The number of rotatable bonds is 6. The minimum Gasteiger partial charge on any atom is -0.478 e. The Bertz CT molecular complexity index is 1850. The number of furan rings is 1. The highest BCUT2D eigenvalue weighted by Crippen LogP contribution is 2.34. The molecule has 0 saturated heterocycles. The summed E-state index contributed by atoms with van der Waals surface area (Å²) in [7, 11) is 0. The first kappa shape index (κ1) is 26.4. The highest BCUT2D eigenvalue weighted by Gasteiger charge is 2.34. The van der Waals surface area contributed by atoms with Gasteiger partial charge in [0.25, 0.3) is 5.56 Å². The van der Waals surface area contributed by atoms with Gasteiger partial charge in [0.2, 0.25) is 0 Å². The van der Waals surface area contributed by atoms with Gasteiger partial charge in [0.1, 0.15) is 17.6 Å². The Morgan fingerprint density at radius 3 is 2.64 bits per heavy atom. The number of hydrogen-bond donors (Lipinski definition) is 1. The molecule has 2 aromatic carbocycles. The minimum atomic E-state index is -1.00. The molecular weight excluding hydrogens is 540 g/mol. The average molecular weight is 563 g/mol. The molecule has 3 heterocycles. The van der Waals surface area contributed by atoms with Crippen LogP contribution < -0.4 is 14.9 Å². The Morgan fingerprint density at radius 2 is 1.95 bits per heavy atom. The number of carboxylic acid groups (broad SMARTS) is 1. The molecule has 0 fully saturated rings. The molecule has 2 aromatic heterocycles. The molecule has 1 aliphatic heterocycles. The number of ether oxygens (including phenoxy) is 1. The van der Waals surface area contributed by atoms with Gasteiger partial charge >= 0.3 is 11.9 Å². The standard InChI is InChI=1S/C29H23ClN2O6S/c1-4-37-28(36)24-16(3)31-29-32(25(24)20-7-5-6-8-21(20)30)26(33)23(39-29)14-18-10-12-22(38-18)19-11-9-17(27(34)35)13-15(19)2/h5-14,25H,4H2,1-3H3,(H,34,35)/b23-14+/t25-/m0/s1. The molecule has 1 aliphatic rings. The van der Waals surface area contributed by atoms with Gasteiger partial charge in [0.05, 0.1) is 28.0 Å². The number of aromatic nitrogens is 1. The number of nitrogens with zero attached hydrogens (tertiary/aromatic N) is 2. The van der Waals surface area contributed by atoms with Crippen molar-refractivity contribution in [1.82, 2.24) is 4.57 Å². The molecule has 0 amide bonds. The van der Waals surface area contributed by atoms with Crippen molar-refractivity contribution in [2.75, 3.05) is 6.61 Å². The topological polar surface area (TPSA) is 111 Å². The van der Waals surface area contributed by atoms with Crippen LogP contribution in [-0.4, -0.2) is 28.2 Å². The fourth-order valence-corrected chi connectivity index (χ4v) is 5.83. The second-order valence-electron chi connectivity index (χ2n) is 8.86. The molecule has 198 valence electrons. The molecule has 0 spiro atoms. The molecule has 4 aromatic rings. The fraction of sp³-hybridized carbons (Fsp3) is 0.172. The highest BCUT2D eigenvalue weighted by molar-refractivity contribution is 7.07. The lowest BCUT2D eigenvalue weighted by molar-refractivity contribution is -0.139. The van der Waals surface area contributed by atoms with E-state index in [1.165, 1.54) is 22.0 Å². The average Bonchev–Trinajstić information content (AvgIpc) is 3.48. The molecule has 1 N–H and O–H groups in total.